The van der Waals surface area contributed by atoms with E-state index in [0.717, 1.165) is 18.7 Å². The fourth-order valence-corrected chi connectivity index (χ4v) is 2.68. The van der Waals surface area contributed by atoms with Crippen molar-refractivity contribution < 1.29 is 9.90 Å². The lowest BCUT2D eigenvalue weighted by Gasteiger charge is -2.23. The fraction of sp³-hybridized carbons (Fsp3) is 0.350. The van der Waals surface area contributed by atoms with E-state index in [9.17, 15) is 9.90 Å². The SMILES string of the molecule is CCN(CCNC(=O)CCc1ccccc1O)c1cccc(C)c1. The average molecular weight is 326 g/mol. The Bertz CT molecular complexity index is 670. The van der Waals surface area contributed by atoms with Crippen molar-refractivity contribution in [3.8, 4) is 5.75 Å². The number of nitrogens with zero attached hydrogens (tertiary/aromatic N) is 1. The average Bonchev–Trinajstić information content (AvgIpc) is 2.58. The molecule has 0 bridgehead atoms. The van der Waals surface area contributed by atoms with Gasteiger partial charge in [0.1, 0.15) is 5.75 Å². The number of rotatable bonds is 8. The number of nitrogens with one attached hydrogen (secondary N) is 1. The van der Waals surface area contributed by atoms with Crippen LogP contribution in [0.25, 0.3) is 0 Å². The van der Waals surface area contributed by atoms with Crippen LogP contribution in [0.15, 0.2) is 48.5 Å². The predicted octanol–water partition coefficient (Wildman–Crippen LogP) is 3.28. The van der Waals surface area contributed by atoms with Crippen molar-refractivity contribution in [1.82, 2.24) is 5.32 Å². The zero-order valence-electron chi connectivity index (χ0n) is 14.5. The molecule has 24 heavy (non-hydrogen) atoms. The van der Waals surface area contributed by atoms with Gasteiger partial charge in [-0.3, -0.25) is 4.79 Å². The van der Waals surface area contributed by atoms with E-state index < -0.39 is 0 Å². The molecule has 2 rings (SSSR count). The molecule has 0 aliphatic carbocycles. The van der Waals surface area contributed by atoms with E-state index in [4.69, 9.17) is 0 Å². The van der Waals surface area contributed by atoms with Crippen molar-refractivity contribution in [2.75, 3.05) is 24.5 Å². The summed E-state index contributed by atoms with van der Waals surface area (Å²) in [5.74, 6) is 0.264. The maximum absolute atomic E-state index is 12.0. The summed E-state index contributed by atoms with van der Waals surface area (Å²) in [4.78, 5) is 14.2. The second-order valence-corrected chi connectivity index (χ2v) is 5.90. The third kappa shape index (κ3) is 5.30. The molecule has 4 heteroatoms. The molecule has 2 aromatic rings. The molecule has 128 valence electrons. The number of aromatic hydroxyl groups is 1. The highest BCUT2D eigenvalue weighted by molar-refractivity contribution is 5.76. The molecular weight excluding hydrogens is 300 g/mol. The molecule has 2 N–H and O–H groups in total. The van der Waals surface area contributed by atoms with Gasteiger partial charge in [-0.2, -0.15) is 0 Å². The number of para-hydroxylation sites is 1. The number of hydrogen-bond acceptors (Lipinski definition) is 3. The quantitative estimate of drug-likeness (QED) is 0.783. The Hall–Kier alpha value is -2.49. The number of hydrogen-bond donors (Lipinski definition) is 2. The van der Waals surface area contributed by atoms with Crippen LogP contribution in [-0.2, 0) is 11.2 Å². The summed E-state index contributed by atoms with van der Waals surface area (Å²) in [5, 5.41) is 12.7. The minimum atomic E-state index is 0.0125. The molecule has 4 nitrogen and oxygen atoms in total. The maximum atomic E-state index is 12.0. The zero-order chi connectivity index (χ0) is 17.4. The number of anilines is 1. The van der Waals surface area contributed by atoms with E-state index in [1.54, 1.807) is 12.1 Å². The first-order chi connectivity index (χ1) is 11.6. The number of amides is 1. The van der Waals surface area contributed by atoms with Crippen LogP contribution >= 0.6 is 0 Å². The molecule has 0 fully saturated rings. The van der Waals surface area contributed by atoms with Crippen LogP contribution < -0.4 is 10.2 Å². The summed E-state index contributed by atoms with van der Waals surface area (Å²) in [6.45, 7) is 6.49. The van der Waals surface area contributed by atoms with E-state index in [-0.39, 0.29) is 11.7 Å². The summed E-state index contributed by atoms with van der Waals surface area (Å²) in [6, 6.07) is 15.5. The van der Waals surface area contributed by atoms with E-state index in [1.807, 2.05) is 12.1 Å². The molecule has 1 amide bonds. The largest absolute Gasteiger partial charge is 0.508 e. The predicted molar refractivity (Wildman–Crippen MR) is 98.5 cm³/mol. The van der Waals surface area contributed by atoms with Crippen LogP contribution in [0, 0.1) is 6.92 Å². The number of aryl methyl sites for hydroxylation is 2. The van der Waals surface area contributed by atoms with Crippen LogP contribution in [-0.4, -0.2) is 30.6 Å². The first-order valence-electron chi connectivity index (χ1n) is 8.45. The Labute approximate surface area is 144 Å². The highest BCUT2D eigenvalue weighted by atomic mass is 16.3. The van der Waals surface area contributed by atoms with Crippen LogP contribution in [0.1, 0.15) is 24.5 Å². The topological polar surface area (TPSA) is 52.6 Å². The van der Waals surface area contributed by atoms with E-state index in [1.165, 1.54) is 11.3 Å². The number of phenols is 1. The highest BCUT2D eigenvalue weighted by Crippen LogP contribution is 2.17. The van der Waals surface area contributed by atoms with Crippen molar-refractivity contribution >= 4 is 11.6 Å². The number of carbonyl (C=O) groups is 1. The Balaban J connectivity index is 1.76. The van der Waals surface area contributed by atoms with Gasteiger partial charge < -0.3 is 15.3 Å². The lowest BCUT2D eigenvalue weighted by atomic mass is 10.1. The Morgan fingerprint density at radius 3 is 2.67 bits per heavy atom. The number of carbonyl (C=O) groups excluding carboxylic acids is 1. The van der Waals surface area contributed by atoms with Crippen LogP contribution in [0.5, 0.6) is 5.75 Å². The van der Waals surface area contributed by atoms with E-state index >= 15 is 0 Å². The molecule has 0 saturated heterocycles. The van der Waals surface area contributed by atoms with Crippen molar-refractivity contribution in [3.05, 3.63) is 59.7 Å². The molecule has 0 saturated carbocycles. The molecule has 0 atom stereocenters. The Morgan fingerprint density at radius 2 is 1.96 bits per heavy atom. The summed E-state index contributed by atoms with van der Waals surface area (Å²) in [6.07, 6.45) is 0.933. The molecule has 0 aromatic heterocycles. The minimum absolute atomic E-state index is 0.0125. The standard InChI is InChI=1S/C20H26N2O2/c1-3-22(18-9-6-7-16(2)15-18)14-13-21-20(24)12-11-17-8-4-5-10-19(17)23/h4-10,15,23H,3,11-14H2,1-2H3,(H,21,24). The monoisotopic (exact) mass is 326 g/mol. The summed E-state index contributed by atoms with van der Waals surface area (Å²) in [7, 11) is 0. The molecule has 0 spiro atoms. The van der Waals surface area contributed by atoms with Gasteiger partial charge in [0.05, 0.1) is 0 Å². The smallest absolute Gasteiger partial charge is 0.220 e. The lowest BCUT2D eigenvalue weighted by molar-refractivity contribution is -0.120. The molecule has 2 aromatic carbocycles. The van der Waals surface area contributed by atoms with Gasteiger partial charge in [0.15, 0.2) is 0 Å². The van der Waals surface area contributed by atoms with Crippen molar-refractivity contribution in [2.45, 2.75) is 26.7 Å². The van der Waals surface area contributed by atoms with Gasteiger partial charge in [-0.15, -0.1) is 0 Å². The Kier molecular flexibility index (Phi) is 6.67. The van der Waals surface area contributed by atoms with Crippen molar-refractivity contribution in [1.29, 1.82) is 0 Å². The number of likely N-dealkylation sites (N-methyl/N-ethyl adjacent to an activating group) is 1. The minimum Gasteiger partial charge on any atom is -0.508 e. The van der Waals surface area contributed by atoms with E-state index in [0.29, 0.717) is 19.4 Å². The van der Waals surface area contributed by atoms with Crippen LogP contribution in [0.3, 0.4) is 0 Å². The lowest BCUT2D eigenvalue weighted by Crippen LogP contribution is -2.35. The van der Waals surface area contributed by atoms with Crippen molar-refractivity contribution in [2.24, 2.45) is 0 Å². The molecule has 0 heterocycles. The first-order valence-corrected chi connectivity index (χ1v) is 8.45. The zero-order valence-corrected chi connectivity index (χ0v) is 14.5. The maximum Gasteiger partial charge on any atom is 0.220 e. The summed E-state index contributed by atoms with van der Waals surface area (Å²) < 4.78 is 0. The number of benzene rings is 2. The van der Waals surface area contributed by atoms with Gasteiger partial charge in [0, 0.05) is 31.7 Å². The number of phenolic OH excluding ortho intramolecular Hbond substituents is 1. The second-order valence-electron chi connectivity index (χ2n) is 5.90. The van der Waals surface area contributed by atoms with Crippen LogP contribution in [0.4, 0.5) is 5.69 Å². The van der Waals surface area contributed by atoms with Gasteiger partial charge in [-0.05, 0) is 49.6 Å². The summed E-state index contributed by atoms with van der Waals surface area (Å²) in [5.41, 5.74) is 3.22. The molecule has 0 unspecified atom stereocenters. The highest BCUT2D eigenvalue weighted by Gasteiger charge is 2.07. The molecule has 0 aliphatic rings. The van der Waals surface area contributed by atoms with Gasteiger partial charge in [-0.25, -0.2) is 0 Å². The van der Waals surface area contributed by atoms with Gasteiger partial charge in [0.25, 0.3) is 0 Å². The third-order valence-electron chi connectivity index (χ3n) is 4.07. The van der Waals surface area contributed by atoms with Gasteiger partial charge in [-0.1, -0.05) is 30.3 Å². The molecule has 0 aliphatic heterocycles. The van der Waals surface area contributed by atoms with Gasteiger partial charge >= 0.3 is 0 Å². The normalized spacial score (nSPS) is 10.4. The van der Waals surface area contributed by atoms with Crippen molar-refractivity contribution in [3.63, 3.8) is 0 Å². The first kappa shape index (κ1) is 17.9. The molecule has 0 radical (unpaired) electrons. The third-order valence-corrected chi connectivity index (χ3v) is 4.07. The summed E-state index contributed by atoms with van der Waals surface area (Å²) >= 11 is 0. The Morgan fingerprint density at radius 1 is 1.17 bits per heavy atom. The van der Waals surface area contributed by atoms with Gasteiger partial charge in [0.2, 0.25) is 5.91 Å². The second kappa shape index (κ2) is 8.96. The molecular formula is C20H26N2O2. The van der Waals surface area contributed by atoms with E-state index in [2.05, 4.69) is 48.3 Å². The van der Waals surface area contributed by atoms with Crippen LogP contribution in [0.2, 0.25) is 0 Å². The fourth-order valence-electron chi connectivity index (χ4n) is 2.68.